The number of nitrogens with zero attached hydrogens (tertiary/aromatic N) is 1. The number of aryl methyl sites for hydroxylation is 1. The number of piperidine rings is 1. The fraction of sp³-hybridized carbons (Fsp3) is 0.727. The van der Waals surface area contributed by atoms with Crippen LogP contribution in [0.2, 0.25) is 0 Å². The van der Waals surface area contributed by atoms with Gasteiger partial charge in [-0.05, 0) is 38.1 Å². The minimum atomic E-state index is 0.742. The normalized spacial score (nSPS) is 22.7. The third-order valence-corrected chi connectivity index (χ3v) is 5.49. The van der Waals surface area contributed by atoms with Crippen LogP contribution in [0.25, 0.3) is 0 Å². The van der Waals surface area contributed by atoms with Crippen LogP contribution in [0, 0.1) is 0 Å². The molecule has 0 atom stereocenters. The van der Waals surface area contributed by atoms with E-state index < -0.39 is 0 Å². The summed E-state index contributed by atoms with van der Waals surface area (Å²) in [5.41, 5.74) is 1.39. The maximum absolute atomic E-state index is 4.84. The van der Waals surface area contributed by atoms with E-state index in [1.807, 2.05) is 23.1 Å². The van der Waals surface area contributed by atoms with Gasteiger partial charge in [0, 0.05) is 16.5 Å². The second-order valence-electron chi connectivity index (χ2n) is 4.25. The van der Waals surface area contributed by atoms with E-state index in [1.54, 1.807) is 4.88 Å². The van der Waals surface area contributed by atoms with Crippen molar-refractivity contribution in [3.8, 4) is 0 Å². The van der Waals surface area contributed by atoms with Crippen LogP contribution in [0.3, 0.4) is 0 Å². The van der Waals surface area contributed by atoms with Gasteiger partial charge in [-0.15, -0.1) is 11.3 Å². The van der Waals surface area contributed by atoms with Crippen molar-refractivity contribution in [2.45, 2.75) is 30.9 Å². The van der Waals surface area contributed by atoms with Gasteiger partial charge in [0.1, 0.15) is 0 Å². The lowest BCUT2D eigenvalue weighted by Crippen LogP contribution is -2.26. The van der Waals surface area contributed by atoms with Gasteiger partial charge >= 0.3 is 0 Å². The van der Waals surface area contributed by atoms with Gasteiger partial charge in [-0.3, -0.25) is 0 Å². The number of nitrogens with one attached hydrogen (secondary N) is 1. The summed E-state index contributed by atoms with van der Waals surface area (Å²) in [6, 6.07) is 0. The van der Waals surface area contributed by atoms with E-state index in [4.69, 9.17) is 4.98 Å². The average molecular weight is 240 g/mol. The van der Waals surface area contributed by atoms with Crippen LogP contribution in [-0.4, -0.2) is 23.8 Å². The van der Waals surface area contributed by atoms with Gasteiger partial charge in [0.15, 0.2) is 0 Å². The van der Waals surface area contributed by atoms with Gasteiger partial charge in [-0.1, -0.05) is 0 Å². The molecular weight excluding hydrogens is 224 g/mol. The molecule has 2 aliphatic rings. The molecule has 0 bridgehead atoms. The van der Waals surface area contributed by atoms with E-state index in [9.17, 15) is 0 Å². The lowest BCUT2D eigenvalue weighted by atomic mass is 9.99. The summed E-state index contributed by atoms with van der Waals surface area (Å²) in [6.07, 6.45) is 3.81. The number of thioether (sulfide) groups is 1. The zero-order valence-electron chi connectivity index (χ0n) is 8.79. The highest BCUT2D eigenvalue weighted by atomic mass is 32.2. The van der Waals surface area contributed by atoms with Crippen molar-refractivity contribution < 1.29 is 0 Å². The number of aromatic nitrogens is 1. The van der Waals surface area contributed by atoms with E-state index in [0.29, 0.717) is 0 Å². The van der Waals surface area contributed by atoms with Crippen molar-refractivity contribution in [3.63, 3.8) is 0 Å². The summed E-state index contributed by atoms with van der Waals surface area (Å²) in [7, 11) is 0. The van der Waals surface area contributed by atoms with Gasteiger partial charge in [0.2, 0.25) is 0 Å². The van der Waals surface area contributed by atoms with Gasteiger partial charge in [-0.2, -0.15) is 11.8 Å². The van der Waals surface area contributed by atoms with Crippen molar-refractivity contribution >= 4 is 23.1 Å². The Morgan fingerprint density at radius 2 is 2.13 bits per heavy atom. The highest BCUT2D eigenvalue weighted by Gasteiger charge is 2.22. The summed E-state index contributed by atoms with van der Waals surface area (Å²) in [5, 5.41) is 4.84. The first kappa shape index (κ1) is 10.1. The standard InChI is InChI=1S/C11H16N2S2/c1-4-12-5-2-8(1)11-13-9-7-14-6-3-10(9)15-11/h8,12H,1-7H2. The molecule has 3 rings (SSSR count). The molecule has 15 heavy (non-hydrogen) atoms. The lowest BCUT2D eigenvalue weighted by molar-refractivity contribution is 0.459. The molecular formula is C11H16N2S2. The molecule has 0 spiro atoms. The molecule has 0 unspecified atom stereocenters. The molecule has 0 radical (unpaired) electrons. The van der Waals surface area contributed by atoms with E-state index in [-0.39, 0.29) is 0 Å². The molecule has 2 nitrogen and oxygen atoms in total. The Labute approximate surface area is 98.9 Å². The fourth-order valence-corrected chi connectivity index (χ4v) is 4.68. The van der Waals surface area contributed by atoms with Crippen molar-refractivity contribution in [2.75, 3.05) is 18.8 Å². The van der Waals surface area contributed by atoms with Gasteiger partial charge in [0.05, 0.1) is 10.7 Å². The Morgan fingerprint density at radius 1 is 1.27 bits per heavy atom. The number of hydrogen-bond acceptors (Lipinski definition) is 4. The Hall–Kier alpha value is -0.0600. The predicted octanol–water partition coefficient (Wildman–Crippen LogP) is 2.40. The summed E-state index contributed by atoms with van der Waals surface area (Å²) >= 11 is 4.02. The van der Waals surface area contributed by atoms with Crippen molar-refractivity contribution in [3.05, 3.63) is 15.6 Å². The summed E-state index contributed by atoms with van der Waals surface area (Å²) in [5.74, 6) is 3.18. The van der Waals surface area contributed by atoms with Crippen molar-refractivity contribution in [1.29, 1.82) is 0 Å². The van der Waals surface area contributed by atoms with E-state index in [0.717, 1.165) is 11.7 Å². The van der Waals surface area contributed by atoms with Crippen LogP contribution >= 0.6 is 23.1 Å². The van der Waals surface area contributed by atoms with E-state index in [1.165, 1.54) is 48.8 Å². The first-order valence-corrected chi connectivity index (χ1v) is 7.67. The third-order valence-electron chi connectivity index (χ3n) is 3.20. The number of hydrogen-bond donors (Lipinski definition) is 1. The summed E-state index contributed by atoms with van der Waals surface area (Å²) in [4.78, 5) is 6.42. The van der Waals surface area contributed by atoms with Crippen molar-refractivity contribution in [1.82, 2.24) is 10.3 Å². The summed E-state index contributed by atoms with van der Waals surface area (Å²) < 4.78 is 0. The zero-order valence-corrected chi connectivity index (χ0v) is 10.4. The smallest absolute Gasteiger partial charge is 0.0963 e. The van der Waals surface area contributed by atoms with Crippen LogP contribution in [0.5, 0.6) is 0 Å². The zero-order chi connectivity index (χ0) is 10.1. The molecule has 3 heterocycles. The monoisotopic (exact) mass is 240 g/mol. The number of rotatable bonds is 1. The van der Waals surface area contributed by atoms with Gasteiger partial charge < -0.3 is 5.32 Å². The maximum atomic E-state index is 4.84. The van der Waals surface area contributed by atoms with Crippen molar-refractivity contribution in [2.24, 2.45) is 0 Å². The highest BCUT2D eigenvalue weighted by Crippen LogP contribution is 2.35. The van der Waals surface area contributed by atoms with Gasteiger partial charge in [0.25, 0.3) is 0 Å². The van der Waals surface area contributed by atoms with Crippen LogP contribution in [0.15, 0.2) is 0 Å². The molecule has 1 aromatic heterocycles. The lowest BCUT2D eigenvalue weighted by Gasteiger charge is -2.20. The first-order chi connectivity index (χ1) is 7.43. The summed E-state index contributed by atoms with van der Waals surface area (Å²) in [6.45, 7) is 2.34. The molecule has 0 aromatic carbocycles. The second-order valence-corrected chi connectivity index (χ2v) is 6.47. The Morgan fingerprint density at radius 3 is 2.93 bits per heavy atom. The van der Waals surface area contributed by atoms with Crippen LogP contribution in [0.4, 0.5) is 0 Å². The first-order valence-electron chi connectivity index (χ1n) is 5.70. The van der Waals surface area contributed by atoms with E-state index >= 15 is 0 Å². The predicted molar refractivity (Wildman–Crippen MR) is 66.8 cm³/mol. The highest BCUT2D eigenvalue weighted by molar-refractivity contribution is 7.98. The number of fused-ring (bicyclic) bond motifs is 1. The van der Waals surface area contributed by atoms with E-state index in [2.05, 4.69) is 5.32 Å². The van der Waals surface area contributed by atoms with Crippen LogP contribution < -0.4 is 5.32 Å². The molecule has 0 aliphatic carbocycles. The molecule has 82 valence electrons. The Bertz CT molecular complexity index is 319. The minimum absolute atomic E-state index is 0.742. The Balaban J connectivity index is 1.82. The average Bonchev–Trinajstić information content (AvgIpc) is 2.74. The molecule has 1 saturated heterocycles. The maximum Gasteiger partial charge on any atom is 0.0963 e. The Kier molecular flexibility index (Phi) is 2.99. The third kappa shape index (κ3) is 2.08. The fourth-order valence-electron chi connectivity index (χ4n) is 2.29. The van der Waals surface area contributed by atoms with Gasteiger partial charge in [-0.25, -0.2) is 4.98 Å². The largest absolute Gasteiger partial charge is 0.317 e. The molecule has 1 fully saturated rings. The quantitative estimate of drug-likeness (QED) is 0.816. The molecule has 1 aromatic rings. The minimum Gasteiger partial charge on any atom is -0.317 e. The molecule has 0 amide bonds. The SMILES string of the molecule is C1CC(c2nc3c(s2)CCSC3)CCN1. The topological polar surface area (TPSA) is 24.9 Å². The van der Waals surface area contributed by atoms with Crippen LogP contribution in [-0.2, 0) is 12.2 Å². The van der Waals surface area contributed by atoms with Crippen LogP contribution in [0.1, 0.15) is 34.3 Å². The molecule has 4 heteroatoms. The molecule has 0 saturated carbocycles. The number of thiazole rings is 1. The second kappa shape index (κ2) is 4.44. The molecule has 1 N–H and O–H groups in total. The molecule has 2 aliphatic heterocycles.